The van der Waals surface area contributed by atoms with Crippen molar-refractivity contribution >= 4 is 52.2 Å². The number of anilines is 2. The van der Waals surface area contributed by atoms with Crippen LogP contribution in [0.25, 0.3) is 0 Å². The van der Waals surface area contributed by atoms with Crippen LogP contribution in [0, 0.1) is 6.92 Å². The number of hydrogen-bond donors (Lipinski definition) is 2. The van der Waals surface area contributed by atoms with E-state index in [9.17, 15) is 0 Å². The SMILES string of the molecule is Cc1ccccc1Cn1cnc(NC(=S)Nc2cc(Cl)cc(Cl)c2)n1. The summed E-state index contributed by atoms with van der Waals surface area (Å²) in [5.41, 5.74) is 3.09. The molecule has 0 amide bonds. The molecule has 5 nitrogen and oxygen atoms in total. The van der Waals surface area contributed by atoms with E-state index in [4.69, 9.17) is 35.4 Å². The molecule has 1 heterocycles. The van der Waals surface area contributed by atoms with Gasteiger partial charge in [-0.3, -0.25) is 5.32 Å². The van der Waals surface area contributed by atoms with Crippen molar-refractivity contribution in [2.24, 2.45) is 0 Å². The molecule has 0 unspecified atom stereocenters. The van der Waals surface area contributed by atoms with Crippen molar-refractivity contribution < 1.29 is 0 Å². The molecule has 0 aliphatic rings. The van der Waals surface area contributed by atoms with Crippen LogP contribution >= 0.6 is 35.4 Å². The summed E-state index contributed by atoms with van der Waals surface area (Å²) in [6, 6.07) is 13.3. The average Bonchev–Trinajstić information content (AvgIpc) is 2.95. The third-order valence-corrected chi connectivity index (χ3v) is 4.12. The molecule has 0 fully saturated rings. The van der Waals surface area contributed by atoms with E-state index in [1.54, 1.807) is 29.2 Å². The fourth-order valence-electron chi connectivity index (χ4n) is 2.28. The van der Waals surface area contributed by atoms with Gasteiger partial charge in [0.15, 0.2) is 5.11 Å². The normalized spacial score (nSPS) is 10.5. The quantitative estimate of drug-likeness (QED) is 0.628. The van der Waals surface area contributed by atoms with Crippen LogP contribution in [0.5, 0.6) is 0 Å². The molecule has 2 N–H and O–H groups in total. The molecule has 0 aliphatic carbocycles. The van der Waals surface area contributed by atoms with Crippen LogP contribution in [0.3, 0.4) is 0 Å². The summed E-state index contributed by atoms with van der Waals surface area (Å²) in [6.45, 7) is 2.71. The highest BCUT2D eigenvalue weighted by Crippen LogP contribution is 2.22. The lowest BCUT2D eigenvalue weighted by Gasteiger charge is -2.09. The van der Waals surface area contributed by atoms with Crippen LogP contribution in [-0.2, 0) is 6.54 Å². The van der Waals surface area contributed by atoms with Crippen molar-refractivity contribution in [1.82, 2.24) is 14.8 Å². The number of aromatic nitrogens is 3. The second-order valence-electron chi connectivity index (χ2n) is 5.43. The lowest BCUT2D eigenvalue weighted by molar-refractivity contribution is 0.684. The van der Waals surface area contributed by atoms with E-state index in [2.05, 4.69) is 39.8 Å². The molecule has 1 aromatic heterocycles. The van der Waals surface area contributed by atoms with Crippen molar-refractivity contribution in [3.63, 3.8) is 0 Å². The highest BCUT2D eigenvalue weighted by atomic mass is 35.5. The van der Waals surface area contributed by atoms with Gasteiger partial charge in [0.2, 0.25) is 5.95 Å². The molecule has 0 saturated carbocycles. The maximum atomic E-state index is 5.97. The fraction of sp³-hybridized carbons (Fsp3) is 0.118. The van der Waals surface area contributed by atoms with E-state index < -0.39 is 0 Å². The maximum Gasteiger partial charge on any atom is 0.248 e. The van der Waals surface area contributed by atoms with Crippen molar-refractivity contribution in [1.29, 1.82) is 0 Å². The Bertz CT molecular complexity index is 889. The van der Waals surface area contributed by atoms with Gasteiger partial charge in [-0.15, -0.1) is 5.10 Å². The largest absolute Gasteiger partial charge is 0.332 e. The Balaban J connectivity index is 1.63. The summed E-state index contributed by atoms with van der Waals surface area (Å²) in [6.07, 6.45) is 1.66. The Labute approximate surface area is 161 Å². The number of rotatable bonds is 4. The highest BCUT2D eigenvalue weighted by Gasteiger charge is 2.06. The molecular weight excluding hydrogens is 377 g/mol. The average molecular weight is 392 g/mol. The predicted octanol–water partition coefficient (Wildman–Crippen LogP) is 4.75. The van der Waals surface area contributed by atoms with Crippen molar-refractivity contribution in [2.75, 3.05) is 10.6 Å². The lowest BCUT2D eigenvalue weighted by atomic mass is 10.1. The molecule has 0 bridgehead atoms. The number of aryl methyl sites for hydroxylation is 1. The van der Waals surface area contributed by atoms with Gasteiger partial charge in [-0.05, 0) is 48.5 Å². The molecular formula is C17H15Cl2N5S. The number of hydrogen-bond acceptors (Lipinski definition) is 3. The Morgan fingerprint density at radius 3 is 2.56 bits per heavy atom. The van der Waals surface area contributed by atoms with E-state index in [0.29, 0.717) is 33.3 Å². The van der Waals surface area contributed by atoms with Gasteiger partial charge in [0.05, 0.1) is 6.54 Å². The summed E-state index contributed by atoms with van der Waals surface area (Å²) in [5.74, 6) is 0.416. The summed E-state index contributed by atoms with van der Waals surface area (Å²) in [7, 11) is 0. The van der Waals surface area contributed by atoms with Gasteiger partial charge < -0.3 is 5.32 Å². The monoisotopic (exact) mass is 391 g/mol. The smallest absolute Gasteiger partial charge is 0.248 e. The summed E-state index contributed by atoms with van der Waals surface area (Å²) in [5, 5.41) is 11.7. The molecule has 25 heavy (non-hydrogen) atoms. The second-order valence-corrected chi connectivity index (χ2v) is 6.71. The van der Waals surface area contributed by atoms with E-state index in [1.165, 1.54) is 11.1 Å². The van der Waals surface area contributed by atoms with E-state index in [1.807, 2.05) is 12.1 Å². The van der Waals surface area contributed by atoms with Gasteiger partial charge in [0.25, 0.3) is 0 Å². The molecule has 0 saturated heterocycles. The lowest BCUT2D eigenvalue weighted by Crippen LogP contribution is -2.20. The maximum absolute atomic E-state index is 5.97. The topological polar surface area (TPSA) is 54.8 Å². The Morgan fingerprint density at radius 2 is 1.84 bits per heavy atom. The first-order valence-corrected chi connectivity index (χ1v) is 8.64. The van der Waals surface area contributed by atoms with E-state index in [-0.39, 0.29) is 0 Å². The zero-order valence-electron chi connectivity index (χ0n) is 13.3. The number of nitrogens with one attached hydrogen (secondary N) is 2. The molecule has 0 spiro atoms. The minimum absolute atomic E-state index is 0.354. The van der Waals surface area contributed by atoms with Crippen LogP contribution in [-0.4, -0.2) is 19.9 Å². The van der Waals surface area contributed by atoms with Crippen LogP contribution in [0.15, 0.2) is 48.8 Å². The minimum Gasteiger partial charge on any atom is -0.332 e. The number of benzene rings is 2. The third kappa shape index (κ3) is 4.92. The van der Waals surface area contributed by atoms with Crippen molar-refractivity contribution in [3.8, 4) is 0 Å². The molecule has 3 aromatic rings. The third-order valence-electron chi connectivity index (χ3n) is 3.48. The predicted molar refractivity (Wildman–Crippen MR) is 107 cm³/mol. The van der Waals surface area contributed by atoms with Crippen LogP contribution in [0.2, 0.25) is 10.0 Å². The standard InChI is InChI=1S/C17H15Cl2N5S/c1-11-4-2-3-5-12(11)9-24-10-20-16(23-24)22-17(25)21-15-7-13(18)6-14(19)8-15/h2-8,10H,9H2,1H3,(H2,21,22,23,25). The summed E-state index contributed by atoms with van der Waals surface area (Å²) in [4.78, 5) is 4.22. The molecule has 8 heteroatoms. The molecule has 0 atom stereocenters. The first-order valence-electron chi connectivity index (χ1n) is 7.47. The van der Waals surface area contributed by atoms with Crippen LogP contribution < -0.4 is 10.6 Å². The zero-order valence-corrected chi connectivity index (χ0v) is 15.7. The molecule has 2 aromatic carbocycles. The zero-order chi connectivity index (χ0) is 17.8. The van der Waals surface area contributed by atoms with Crippen LogP contribution in [0.1, 0.15) is 11.1 Å². The fourth-order valence-corrected chi connectivity index (χ4v) is 3.02. The van der Waals surface area contributed by atoms with Crippen LogP contribution in [0.4, 0.5) is 11.6 Å². The van der Waals surface area contributed by atoms with Gasteiger partial charge >= 0.3 is 0 Å². The minimum atomic E-state index is 0.354. The molecule has 0 radical (unpaired) electrons. The number of thiocarbonyl (C=S) groups is 1. The Morgan fingerprint density at radius 1 is 1.12 bits per heavy atom. The van der Waals surface area contributed by atoms with Crippen molar-refractivity contribution in [3.05, 3.63) is 70.0 Å². The van der Waals surface area contributed by atoms with Crippen molar-refractivity contribution in [2.45, 2.75) is 13.5 Å². The van der Waals surface area contributed by atoms with Gasteiger partial charge in [0, 0.05) is 15.7 Å². The van der Waals surface area contributed by atoms with Gasteiger partial charge in [-0.1, -0.05) is 47.5 Å². The highest BCUT2D eigenvalue weighted by molar-refractivity contribution is 7.80. The van der Waals surface area contributed by atoms with E-state index in [0.717, 1.165) is 0 Å². The Hall–Kier alpha value is -2.15. The molecule has 0 aliphatic heterocycles. The van der Waals surface area contributed by atoms with E-state index >= 15 is 0 Å². The Kier molecular flexibility index (Phi) is 5.53. The number of nitrogens with zero attached hydrogens (tertiary/aromatic N) is 3. The molecule has 128 valence electrons. The van der Waals surface area contributed by atoms with Gasteiger partial charge in [0.1, 0.15) is 6.33 Å². The summed E-state index contributed by atoms with van der Waals surface area (Å²) < 4.78 is 1.75. The second kappa shape index (κ2) is 7.82. The summed E-state index contributed by atoms with van der Waals surface area (Å²) >= 11 is 17.2. The number of halogens is 2. The first kappa shape index (κ1) is 17.7. The molecule has 3 rings (SSSR count). The first-order chi connectivity index (χ1) is 12.0. The van der Waals surface area contributed by atoms with Gasteiger partial charge in [-0.2, -0.15) is 0 Å². The van der Waals surface area contributed by atoms with Gasteiger partial charge in [-0.25, -0.2) is 9.67 Å².